The van der Waals surface area contributed by atoms with Crippen molar-refractivity contribution in [1.82, 2.24) is 9.97 Å². The smallest absolute Gasteiger partial charge is 0.232 e. The van der Waals surface area contributed by atoms with Crippen molar-refractivity contribution in [3.63, 3.8) is 0 Å². The third-order valence-corrected chi connectivity index (χ3v) is 4.64. The molecule has 0 unspecified atom stereocenters. The average molecular weight is 362 g/mol. The summed E-state index contributed by atoms with van der Waals surface area (Å²) in [5.41, 5.74) is 3.53. The summed E-state index contributed by atoms with van der Waals surface area (Å²) >= 11 is 0. The van der Waals surface area contributed by atoms with Gasteiger partial charge in [-0.1, -0.05) is 0 Å². The maximum Gasteiger partial charge on any atom is 0.232 e. The van der Waals surface area contributed by atoms with E-state index in [0.29, 0.717) is 18.4 Å². The van der Waals surface area contributed by atoms with Crippen LogP contribution in [0.25, 0.3) is 22.5 Å². The molecule has 2 aromatic carbocycles. The van der Waals surface area contributed by atoms with Crippen LogP contribution in [-0.2, 0) is 0 Å². The van der Waals surface area contributed by atoms with E-state index in [9.17, 15) is 0 Å². The summed E-state index contributed by atoms with van der Waals surface area (Å²) in [6.07, 6.45) is 4.18. The van der Waals surface area contributed by atoms with Crippen molar-refractivity contribution in [3.8, 4) is 39.9 Å². The van der Waals surface area contributed by atoms with E-state index >= 15 is 0 Å². The lowest BCUT2D eigenvalue weighted by molar-refractivity contribution is 0.287. The van der Waals surface area contributed by atoms with Gasteiger partial charge in [-0.2, -0.15) is 0 Å². The van der Waals surface area contributed by atoms with Gasteiger partial charge < -0.3 is 14.2 Å². The van der Waals surface area contributed by atoms with E-state index in [1.807, 2.05) is 48.5 Å². The third-order valence-electron chi connectivity index (χ3n) is 4.64. The van der Waals surface area contributed by atoms with E-state index < -0.39 is 0 Å². The molecular weight excluding hydrogens is 340 g/mol. The molecule has 0 spiro atoms. The molecule has 0 saturated heterocycles. The topological polar surface area (TPSA) is 53.5 Å². The molecule has 0 bridgehead atoms. The van der Waals surface area contributed by atoms with Crippen LogP contribution in [0.2, 0.25) is 0 Å². The molecule has 1 heterocycles. The Bertz CT molecular complexity index is 904. The number of hydrogen-bond donors (Lipinski definition) is 0. The summed E-state index contributed by atoms with van der Waals surface area (Å²) in [7, 11) is 3.31. The van der Waals surface area contributed by atoms with Gasteiger partial charge in [-0.25, -0.2) is 9.97 Å². The number of hydrogen-bond acceptors (Lipinski definition) is 5. The Kier molecular flexibility index (Phi) is 4.92. The molecule has 0 atom stereocenters. The van der Waals surface area contributed by atoms with Crippen LogP contribution in [0.3, 0.4) is 0 Å². The molecule has 1 aliphatic rings. The molecule has 138 valence electrons. The van der Waals surface area contributed by atoms with Gasteiger partial charge in [0, 0.05) is 11.1 Å². The Morgan fingerprint density at radius 1 is 0.815 bits per heavy atom. The standard InChI is InChI=1S/C22H22N2O3/c1-25-18-9-5-16(6-10-18)21-22(17-7-11-19(26-2)12-8-17)24-20(13-23-21)27-14-15-3-4-15/h5-13,15H,3-4,14H2,1-2H3. The number of nitrogens with zero attached hydrogens (tertiary/aromatic N) is 2. The molecule has 3 aromatic rings. The van der Waals surface area contributed by atoms with Gasteiger partial charge in [-0.15, -0.1) is 0 Å². The predicted molar refractivity (Wildman–Crippen MR) is 104 cm³/mol. The van der Waals surface area contributed by atoms with Gasteiger partial charge in [0.25, 0.3) is 0 Å². The van der Waals surface area contributed by atoms with Crippen LogP contribution in [-0.4, -0.2) is 30.8 Å². The Morgan fingerprint density at radius 3 is 1.89 bits per heavy atom. The normalized spacial score (nSPS) is 13.3. The van der Waals surface area contributed by atoms with Crippen molar-refractivity contribution >= 4 is 0 Å². The molecule has 5 heteroatoms. The van der Waals surface area contributed by atoms with E-state index in [0.717, 1.165) is 34.0 Å². The van der Waals surface area contributed by atoms with Crippen LogP contribution in [0, 0.1) is 5.92 Å². The monoisotopic (exact) mass is 362 g/mol. The quantitative estimate of drug-likeness (QED) is 0.614. The minimum Gasteiger partial charge on any atom is -0.497 e. The van der Waals surface area contributed by atoms with Crippen molar-refractivity contribution in [3.05, 3.63) is 54.7 Å². The molecular formula is C22H22N2O3. The number of rotatable bonds is 7. The SMILES string of the molecule is COc1ccc(-c2ncc(OCC3CC3)nc2-c2ccc(OC)cc2)cc1. The van der Waals surface area contributed by atoms with Gasteiger partial charge in [-0.05, 0) is 67.3 Å². The highest BCUT2D eigenvalue weighted by Crippen LogP contribution is 2.33. The van der Waals surface area contributed by atoms with Crippen LogP contribution in [0.15, 0.2) is 54.7 Å². The number of ether oxygens (including phenoxy) is 3. The van der Waals surface area contributed by atoms with E-state index in [-0.39, 0.29) is 0 Å². The van der Waals surface area contributed by atoms with Crippen molar-refractivity contribution < 1.29 is 14.2 Å². The van der Waals surface area contributed by atoms with Gasteiger partial charge in [0.1, 0.15) is 17.2 Å². The fourth-order valence-electron chi connectivity index (χ4n) is 2.84. The molecule has 27 heavy (non-hydrogen) atoms. The van der Waals surface area contributed by atoms with Crippen LogP contribution >= 0.6 is 0 Å². The zero-order valence-electron chi connectivity index (χ0n) is 15.5. The summed E-state index contributed by atoms with van der Waals surface area (Å²) in [6.45, 7) is 0.707. The zero-order valence-corrected chi connectivity index (χ0v) is 15.5. The van der Waals surface area contributed by atoms with Gasteiger partial charge in [0.15, 0.2) is 0 Å². The van der Waals surface area contributed by atoms with Crippen LogP contribution in [0.1, 0.15) is 12.8 Å². The molecule has 0 radical (unpaired) electrons. The Labute approximate surface area is 159 Å². The summed E-state index contributed by atoms with van der Waals surface area (Å²) in [5, 5.41) is 0. The van der Waals surface area contributed by atoms with E-state index in [2.05, 4.69) is 4.98 Å². The first-order chi connectivity index (χ1) is 13.3. The number of benzene rings is 2. The minimum atomic E-state index is 0.560. The highest BCUT2D eigenvalue weighted by molar-refractivity contribution is 5.78. The van der Waals surface area contributed by atoms with Crippen molar-refractivity contribution in [2.75, 3.05) is 20.8 Å². The van der Waals surface area contributed by atoms with E-state index in [1.54, 1.807) is 20.4 Å². The third kappa shape index (κ3) is 4.03. The number of aromatic nitrogens is 2. The molecule has 1 fully saturated rings. The first kappa shape index (κ1) is 17.3. The highest BCUT2D eigenvalue weighted by atomic mass is 16.5. The van der Waals surface area contributed by atoms with Crippen LogP contribution < -0.4 is 14.2 Å². The van der Waals surface area contributed by atoms with Crippen LogP contribution in [0.4, 0.5) is 0 Å². The molecule has 1 saturated carbocycles. The molecule has 1 aliphatic carbocycles. The first-order valence-corrected chi connectivity index (χ1v) is 9.05. The predicted octanol–water partition coefficient (Wildman–Crippen LogP) is 4.62. The largest absolute Gasteiger partial charge is 0.497 e. The van der Waals surface area contributed by atoms with E-state index in [1.165, 1.54) is 12.8 Å². The minimum absolute atomic E-state index is 0.560. The zero-order chi connectivity index (χ0) is 18.6. The fraction of sp³-hybridized carbons (Fsp3) is 0.273. The molecule has 4 rings (SSSR count). The Hall–Kier alpha value is -3.08. The molecule has 0 amide bonds. The van der Waals surface area contributed by atoms with E-state index in [4.69, 9.17) is 19.2 Å². The summed E-state index contributed by atoms with van der Waals surface area (Å²) in [6, 6.07) is 15.6. The second-order valence-electron chi connectivity index (χ2n) is 6.62. The maximum atomic E-state index is 5.85. The molecule has 1 aromatic heterocycles. The van der Waals surface area contributed by atoms with Gasteiger partial charge >= 0.3 is 0 Å². The van der Waals surface area contributed by atoms with Gasteiger partial charge in [0.2, 0.25) is 5.88 Å². The van der Waals surface area contributed by atoms with Crippen molar-refractivity contribution in [2.45, 2.75) is 12.8 Å². The van der Waals surface area contributed by atoms with Gasteiger partial charge in [-0.3, -0.25) is 0 Å². The summed E-state index contributed by atoms with van der Waals surface area (Å²) in [4.78, 5) is 9.42. The summed E-state index contributed by atoms with van der Waals surface area (Å²) in [5.74, 6) is 2.84. The van der Waals surface area contributed by atoms with Gasteiger partial charge in [0.05, 0.1) is 32.7 Å². The Balaban J connectivity index is 1.72. The molecule has 5 nitrogen and oxygen atoms in total. The van der Waals surface area contributed by atoms with Crippen LogP contribution in [0.5, 0.6) is 17.4 Å². The lowest BCUT2D eigenvalue weighted by Crippen LogP contribution is -2.03. The highest BCUT2D eigenvalue weighted by Gasteiger charge is 2.22. The summed E-state index contributed by atoms with van der Waals surface area (Å²) < 4.78 is 16.4. The van der Waals surface area contributed by atoms with Crippen molar-refractivity contribution in [1.29, 1.82) is 0 Å². The lowest BCUT2D eigenvalue weighted by atomic mass is 10.0. The second-order valence-corrected chi connectivity index (χ2v) is 6.62. The lowest BCUT2D eigenvalue weighted by Gasteiger charge is -2.12. The maximum absolute atomic E-state index is 5.85. The molecule has 0 N–H and O–H groups in total. The Morgan fingerprint density at radius 2 is 1.37 bits per heavy atom. The second kappa shape index (κ2) is 7.66. The first-order valence-electron chi connectivity index (χ1n) is 9.05. The fourth-order valence-corrected chi connectivity index (χ4v) is 2.84. The average Bonchev–Trinajstić information content (AvgIpc) is 3.57. The molecule has 0 aliphatic heterocycles. The van der Waals surface area contributed by atoms with Crippen molar-refractivity contribution in [2.24, 2.45) is 5.92 Å². The number of methoxy groups -OCH3 is 2.